The number of hydrogen-bond donors (Lipinski definition) is 2. The molecule has 43 heavy (non-hydrogen) atoms. The first kappa shape index (κ1) is 30.0. The molecule has 1 aliphatic heterocycles. The number of hydrogen-bond acceptors (Lipinski definition) is 12. The molecule has 0 radical (unpaired) electrons. The summed E-state index contributed by atoms with van der Waals surface area (Å²) in [5.41, 5.74) is 7.83. The van der Waals surface area contributed by atoms with Crippen LogP contribution in [-0.2, 0) is 9.84 Å². The predicted octanol–water partition coefficient (Wildman–Crippen LogP) is 4.17. The molecule has 0 bridgehead atoms. The SMILES string of the molecule is COc1cc(OC)cc(-c2nc(N)oc2-c2ccnc(Nc3ccc(OC4CCN(CCS(C)(=O)=O)CC4)c(F)c3)n2)c1. The summed E-state index contributed by atoms with van der Waals surface area (Å²) >= 11 is 0. The topological polar surface area (TPSA) is 155 Å². The van der Waals surface area contributed by atoms with Gasteiger partial charge < -0.3 is 34.6 Å². The molecule has 0 aliphatic carbocycles. The molecule has 0 spiro atoms. The summed E-state index contributed by atoms with van der Waals surface area (Å²) in [5.74, 6) is 1.39. The van der Waals surface area contributed by atoms with E-state index in [4.69, 9.17) is 24.4 Å². The third-order valence-corrected chi connectivity index (χ3v) is 7.88. The highest BCUT2D eigenvalue weighted by Crippen LogP contribution is 2.37. The van der Waals surface area contributed by atoms with Gasteiger partial charge in [-0.3, -0.25) is 0 Å². The van der Waals surface area contributed by atoms with Crippen molar-refractivity contribution in [2.24, 2.45) is 0 Å². The normalized spacial score (nSPS) is 14.4. The molecule has 1 fully saturated rings. The Kier molecular flexibility index (Phi) is 8.97. The Hall–Kier alpha value is -4.43. The molecule has 3 N–H and O–H groups in total. The Bertz CT molecular complexity index is 1670. The van der Waals surface area contributed by atoms with Gasteiger partial charge in [-0.15, -0.1) is 0 Å². The number of ether oxygens (including phenoxy) is 3. The average Bonchev–Trinajstić information content (AvgIpc) is 3.39. The van der Waals surface area contributed by atoms with E-state index in [1.807, 2.05) is 0 Å². The number of nitrogens with one attached hydrogen (secondary N) is 1. The number of nitrogen functional groups attached to an aromatic ring is 1. The molecule has 3 heterocycles. The molecule has 2 aromatic heterocycles. The summed E-state index contributed by atoms with van der Waals surface area (Å²) in [6.07, 6.45) is 3.98. The Morgan fingerprint density at radius 1 is 1.07 bits per heavy atom. The Morgan fingerprint density at radius 3 is 2.44 bits per heavy atom. The number of halogens is 1. The van der Waals surface area contributed by atoms with E-state index in [9.17, 15) is 8.42 Å². The third-order valence-electron chi connectivity index (χ3n) is 6.95. The van der Waals surface area contributed by atoms with E-state index in [2.05, 4.69) is 25.2 Å². The van der Waals surface area contributed by atoms with E-state index in [1.165, 1.54) is 18.5 Å². The molecule has 0 amide bonds. The van der Waals surface area contributed by atoms with Crippen molar-refractivity contribution in [2.45, 2.75) is 18.9 Å². The van der Waals surface area contributed by atoms with Crippen molar-refractivity contribution in [1.82, 2.24) is 19.9 Å². The lowest BCUT2D eigenvalue weighted by Gasteiger charge is -2.32. The van der Waals surface area contributed by atoms with E-state index in [1.54, 1.807) is 50.6 Å². The molecular weight excluding hydrogens is 579 g/mol. The molecule has 4 aromatic rings. The summed E-state index contributed by atoms with van der Waals surface area (Å²) in [6.45, 7) is 1.88. The predicted molar refractivity (Wildman–Crippen MR) is 160 cm³/mol. The fourth-order valence-electron chi connectivity index (χ4n) is 4.72. The molecule has 2 aromatic carbocycles. The van der Waals surface area contributed by atoms with Gasteiger partial charge in [-0.25, -0.2) is 22.8 Å². The first-order chi connectivity index (χ1) is 20.6. The highest BCUT2D eigenvalue weighted by molar-refractivity contribution is 7.90. The summed E-state index contributed by atoms with van der Waals surface area (Å²) in [4.78, 5) is 15.2. The van der Waals surface area contributed by atoms with Gasteiger partial charge in [-0.1, -0.05) is 0 Å². The van der Waals surface area contributed by atoms with Crippen LogP contribution in [-0.4, -0.2) is 80.2 Å². The zero-order valence-corrected chi connectivity index (χ0v) is 24.9. The lowest BCUT2D eigenvalue weighted by molar-refractivity contribution is 0.100. The van der Waals surface area contributed by atoms with Gasteiger partial charge in [0.1, 0.15) is 38.8 Å². The molecule has 5 rings (SSSR count). The average molecular weight is 613 g/mol. The number of aromatic nitrogens is 3. The molecule has 0 atom stereocenters. The quantitative estimate of drug-likeness (QED) is 0.250. The van der Waals surface area contributed by atoms with Gasteiger partial charge in [0, 0.05) is 55.5 Å². The van der Waals surface area contributed by atoms with Crippen molar-refractivity contribution >= 4 is 27.5 Å². The molecule has 1 saturated heterocycles. The van der Waals surface area contributed by atoms with Crippen LogP contribution < -0.4 is 25.3 Å². The smallest absolute Gasteiger partial charge is 0.293 e. The molecule has 12 nitrogen and oxygen atoms in total. The maximum Gasteiger partial charge on any atom is 0.293 e. The van der Waals surface area contributed by atoms with Crippen LogP contribution >= 0.6 is 0 Å². The number of anilines is 3. The molecular formula is C29H33FN6O6S. The Morgan fingerprint density at radius 2 is 1.79 bits per heavy atom. The number of rotatable bonds is 11. The largest absolute Gasteiger partial charge is 0.497 e. The van der Waals surface area contributed by atoms with Crippen molar-refractivity contribution in [2.75, 3.05) is 56.9 Å². The van der Waals surface area contributed by atoms with Gasteiger partial charge in [0.15, 0.2) is 17.3 Å². The fourth-order valence-corrected chi connectivity index (χ4v) is 5.31. The first-order valence-electron chi connectivity index (χ1n) is 13.6. The Labute approximate surface area is 248 Å². The number of likely N-dealkylation sites (tertiary alicyclic amines) is 1. The number of sulfone groups is 1. The maximum absolute atomic E-state index is 15.0. The molecule has 0 saturated carbocycles. The summed E-state index contributed by atoms with van der Waals surface area (Å²) in [6, 6.07) is 11.4. The lowest BCUT2D eigenvalue weighted by Crippen LogP contribution is -2.40. The molecule has 0 unspecified atom stereocenters. The minimum Gasteiger partial charge on any atom is -0.497 e. The van der Waals surface area contributed by atoms with E-state index in [0.717, 1.165) is 0 Å². The van der Waals surface area contributed by atoms with Crippen LogP contribution in [0, 0.1) is 5.82 Å². The summed E-state index contributed by atoms with van der Waals surface area (Å²) in [5, 5.41) is 3.01. The van der Waals surface area contributed by atoms with Crippen LogP contribution in [0.2, 0.25) is 0 Å². The van der Waals surface area contributed by atoms with Crippen LogP contribution in [0.1, 0.15) is 12.8 Å². The standard InChI is InChI=1S/C29H33FN6O6S/c1-39-21-14-18(15-22(17-21)40-2)26-27(42-28(31)35-26)24-6-9-32-29(34-24)33-19-4-5-25(23(30)16-19)41-20-7-10-36(11-8-20)12-13-43(3,37)38/h4-6,9,14-17,20H,7-8,10-13H2,1-3H3,(H2,31,35)(H,32,33,34). The number of piperidine rings is 1. The van der Waals surface area contributed by atoms with Gasteiger partial charge in [0.05, 0.1) is 20.0 Å². The van der Waals surface area contributed by atoms with Crippen molar-refractivity contribution in [3.63, 3.8) is 0 Å². The molecule has 228 valence electrons. The second-order valence-electron chi connectivity index (χ2n) is 10.2. The van der Waals surface area contributed by atoms with Gasteiger partial charge in [0.2, 0.25) is 5.95 Å². The monoisotopic (exact) mass is 612 g/mol. The third kappa shape index (κ3) is 7.70. The maximum atomic E-state index is 15.0. The lowest BCUT2D eigenvalue weighted by atomic mass is 10.1. The number of nitrogens with two attached hydrogens (primary N) is 1. The number of methoxy groups -OCH3 is 2. The van der Waals surface area contributed by atoms with Gasteiger partial charge in [-0.05, 0) is 43.2 Å². The van der Waals surface area contributed by atoms with Crippen LogP contribution in [0.3, 0.4) is 0 Å². The summed E-state index contributed by atoms with van der Waals surface area (Å²) < 4.78 is 60.2. The van der Waals surface area contributed by atoms with Gasteiger partial charge in [0.25, 0.3) is 6.01 Å². The fraction of sp³-hybridized carbons (Fsp3) is 0.345. The molecule has 14 heteroatoms. The van der Waals surface area contributed by atoms with Crippen LogP contribution in [0.25, 0.3) is 22.7 Å². The highest BCUT2D eigenvalue weighted by Gasteiger charge is 2.23. The Balaban J connectivity index is 1.27. The number of nitrogens with zero attached hydrogens (tertiary/aromatic N) is 4. The van der Waals surface area contributed by atoms with Crippen molar-refractivity contribution in [3.05, 3.63) is 54.5 Å². The second-order valence-corrected chi connectivity index (χ2v) is 12.4. The second kappa shape index (κ2) is 12.8. The first-order valence-corrected chi connectivity index (χ1v) is 15.6. The van der Waals surface area contributed by atoms with E-state index in [-0.39, 0.29) is 29.6 Å². The zero-order valence-electron chi connectivity index (χ0n) is 24.0. The van der Waals surface area contributed by atoms with Crippen LogP contribution in [0.15, 0.2) is 53.1 Å². The molecule has 1 aliphatic rings. The minimum atomic E-state index is -3.01. The van der Waals surface area contributed by atoms with E-state index >= 15 is 4.39 Å². The number of benzene rings is 2. The summed E-state index contributed by atoms with van der Waals surface area (Å²) in [7, 11) is 0.0928. The zero-order chi connectivity index (χ0) is 30.6. The van der Waals surface area contributed by atoms with Gasteiger partial charge >= 0.3 is 0 Å². The van der Waals surface area contributed by atoms with Crippen molar-refractivity contribution in [3.8, 4) is 40.0 Å². The van der Waals surface area contributed by atoms with E-state index in [0.29, 0.717) is 72.4 Å². The minimum absolute atomic E-state index is 0.0443. The van der Waals surface area contributed by atoms with Crippen LogP contribution in [0.5, 0.6) is 17.2 Å². The van der Waals surface area contributed by atoms with E-state index < -0.39 is 15.7 Å². The number of oxazole rings is 1. The highest BCUT2D eigenvalue weighted by atomic mass is 32.2. The van der Waals surface area contributed by atoms with Crippen molar-refractivity contribution < 1.29 is 31.4 Å². The van der Waals surface area contributed by atoms with Gasteiger partial charge in [-0.2, -0.15) is 4.98 Å². The van der Waals surface area contributed by atoms with Crippen molar-refractivity contribution in [1.29, 1.82) is 0 Å². The van der Waals surface area contributed by atoms with Crippen LogP contribution in [0.4, 0.5) is 22.0 Å².